The van der Waals surface area contributed by atoms with Crippen LogP contribution in [0.3, 0.4) is 0 Å². The Bertz CT molecular complexity index is 260. The summed E-state index contributed by atoms with van der Waals surface area (Å²) in [7, 11) is 3.23. The maximum absolute atomic E-state index is 11.4. The molecule has 1 aliphatic heterocycles. The van der Waals surface area contributed by atoms with E-state index < -0.39 is 0 Å². The quantitative estimate of drug-likeness (QED) is 0.522. The number of carbonyl (C=O) groups is 1. The number of amides is 1. The van der Waals surface area contributed by atoms with Gasteiger partial charge in [-0.2, -0.15) is 0 Å². The Labute approximate surface area is 83.3 Å². The summed E-state index contributed by atoms with van der Waals surface area (Å²) in [6.45, 7) is 0. The molecule has 1 heterocycles. The van der Waals surface area contributed by atoms with Crippen LogP contribution < -0.4 is 5.32 Å². The zero-order valence-electron chi connectivity index (χ0n) is 8.40. The molecule has 0 saturated carbocycles. The van der Waals surface area contributed by atoms with E-state index in [2.05, 4.69) is 5.32 Å². The highest BCUT2D eigenvalue weighted by Crippen LogP contribution is 2.31. The molecule has 1 N–H and O–H groups in total. The van der Waals surface area contributed by atoms with Crippen LogP contribution in [-0.4, -0.2) is 32.5 Å². The first-order valence-corrected chi connectivity index (χ1v) is 4.80. The van der Waals surface area contributed by atoms with E-state index in [1.165, 1.54) is 0 Å². The summed E-state index contributed by atoms with van der Waals surface area (Å²) in [6.07, 6.45) is 4.57. The Balaban J connectivity index is 2.12. The van der Waals surface area contributed by atoms with Crippen LogP contribution in [0.4, 0.5) is 0 Å². The molecular formula is C10H15NO3. The van der Waals surface area contributed by atoms with E-state index in [4.69, 9.17) is 9.47 Å². The summed E-state index contributed by atoms with van der Waals surface area (Å²) in [5.41, 5.74) is 0. The third kappa shape index (κ3) is 1.44. The second-order valence-electron chi connectivity index (χ2n) is 3.76. The van der Waals surface area contributed by atoms with Crippen molar-refractivity contribution in [2.24, 2.45) is 11.8 Å². The molecule has 1 fully saturated rings. The number of hydrogen-bond donors (Lipinski definition) is 1. The molecule has 0 aromatic heterocycles. The molecule has 0 aromatic rings. The summed E-state index contributed by atoms with van der Waals surface area (Å²) < 4.78 is 10.4. The standard InChI is InChI=1S/C10H15NO3/c1-13-10(14-2)7-4-3-6-5-8(7)11-9(6)12/h3-4,6-8,10H,5H2,1-2H3,(H,11,12)/t6-,7-,8-/m1/s1. The second kappa shape index (κ2) is 3.71. The SMILES string of the molecule is COC(OC)[C@@H]1C=C[C@@H]2C[C@H]1NC2=O. The average Bonchev–Trinajstić information content (AvgIpc) is 2.48. The minimum absolute atomic E-state index is 0.0608. The number of hydrogen-bond acceptors (Lipinski definition) is 3. The van der Waals surface area contributed by atoms with Gasteiger partial charge in [-0.1, -0.05) is 12.2 Å². The highest BCUT2D eigenvalue weighted by Gasteiger charge is 2.40. The number of ether oxygens (including phenoxy) is 2. The summed E-state index contributed by atoms with van der Waals surface area (Å²) in [5, 5.41) is 2.95. The molecule has 2 bridgehead atoms. The Morgan fingerprint density at radius 1 is 1.43 bits per heavy atom. The van der Waals surface area contributed by atoms with Crippen LogP contribution >= 0.6 is 0 Å². The molecule has 4 nitrogen and oxygen atoms in total. The van der Waals surface area contributed by atoms with E-state index in [9.17, 15) is 4.79 Å². The number of methoxy groups -OCH3 is 2. The average molecular weight is 197 g/mol. The molecule has 1 saturated heterocycles. The van der Waals surface area contributed by atoms with Gasteiger partial charge in [0, 0.05) is 26.2 Å². The first kappa shape index (κ1) is 9.68. The molecule has 4 heteroatoms. The lowest BCUT2D eigenvalue weighted by molar-refractivity contribution is -0.133. The fourth-order valence-electron chi connectivity index (χ4n) is 2.24. The maximum atomic E-state index is 11.4. The molecule has 0 spiro atoms. The van der Waals surface area contributed by atoms with Gasteiger partial charge in [0.1, 0.15) is 0 Å². The van der Waals surface area contributed by atoms with Gasteiger partial charge in [0.25, 0.3) is 0 Å². The van der Waals surface area contributed by atoms with Crippen molar-refractivity contribution in [1.29, 1.82) is 0 Å². The van der Waals surface area contributed by atoms with Gasteiger partial charge in [0.2, 0.25) is 5.91 Å². The van der Waals surface area contributed by atoms with Crippen LogP contribution in [0, 0.1) is 11.8 Å². The van der Waals surface area contributed by atoms with E-state index in [-0.39, 0.29) is 30.1 Å². The lowest BCUT2D eigenvalue weighted by Crippen LogP contribution is -2.39. The smallest absolute Gasteiger partial charge is 0.227 e. The molecule has 3 atom stereocenters. The van der Waals surface area contributed by atoms with E-state index in [1.807, 2.05) is 12.2 Å². The van der Waals surface area contributed by atoms with Crippen molar-refractivity contribution in [3.63, 3.8) is 0 Å². The van der Waals surface area contributed by atoms with E-state index in [0.717, 1.165) is 6.42 Å². The van der Waals surface area contributed by atoms with Gasteiger partial charge in [0.05, 0.1) is 5.92 Å². The molecule has 2 aliphatic rings. The van der Waals surface area contributed by atoms with Crippen molar-refractivity contribution >= 4 is 5.91 Å². The first-order chi connectivity index (χ1) is 6.76. The van der Waals surface area contributed by atoms with Gasteiger partial charge in [-0.15, -0.1) is 0 Å². The Hall–Kier alpha value is -0.870. The van der Waals surface area contributed by atoms with Gasteiger partial charge < -0.3 is 14.8 Å². The predicted molar refractivity (Wildman–Crippen MR) is 50.5 cm³/mol. The van der Waals surface area contributed by atoms with E-state index in [1.54, 1.807) is 14.2 Å². The third-order valence-electron chi connectivity index (χ3n) is 2.98. The van der Waals surface area contributed by atoms with E-state index >= 15 is 0 Å². The molecule has 1 amide bonds. The number of fused-ring (bicyclic) bond motifs is 2. The third-order valence-corrected chi connectivity index (χ3v) is 2.98. The molecule has 78 valence electrons. The minimum Gasteiger partial charge on any atom is -0.355 e. The molecule has 14 heavy (non-hydrogen) atoms. The molecule has 0 unspecified atom stereocenters. The van der Waals surface area contributed by atoms with Gasteiger partial charge in [-0.25, -0.2) is 0 Å². The number of carbonyl (C=O) groups excluding carboxylic acids is 1. The minimum atomic E-state index is -0.268. The van der Waals surface area contributed by atoms with Crippen molar-refractivity contribution in [2.45, 2.75) is 18.8 Å². The van der Waals surface area contributed by atoms with Crippen molar-refractivity contribution in [3.8, 4) is 0 Å². The van der Waals surface area contributed by atoms with Gasteiger partial charge in [-0.05, 0) is 6.42 Å². The van der Waals surface area contributed by atoms with Crippen LogP contribution in [0.1, 0.15) is 6.42 Å². The summed E-state index contributed by atoms with van der Waals surface area (Å²) >= 11 is 0. The van der Waals surface area contributed by atoms with Crippen LogP contribution in [0.15, 0.2) is 12.2 Å². The Morgan fingerprint density at radius 2 is 2.14 bits per heavy atom. The fraction of sp³-hybridized carbons (Fsp3) is 0.700. The zero-order chi connectivity index (χ0) is 10.1. The summed E-state index contributed by atoms with van der Waals surface area (Å²) in [4.78, 5) is 11.4. The van der Waals surface area contributed by atoms with Crippen molar-refractivity contribution in [1.82, 2.24) is 5.32 Å². The molecule has 2 rings (SSSR count). The normalized spacial score (nSPS) is 35.1. The Kier molecular flexibility index (Phi) is 2.56. The highest BCUT2D eigenvalue weighted by molar-refractivity contribution is 5.83. The maximum Gasteiger partial charge on any atom is 0.227 e. The van der Waals surface area contributed by atoms with Crippen LogP contribution in [0.2, 0.25) is 0 Å². The van der Waals surface area contributed by atoms with Gasteiger partial charge >= 0.3 is 0 Å². The summed E-state index contributed by atoms with van der Waals surface area (Å²) in [6, 6.07) is 0.169. The molecular weight excluding hydrogens is 182 g/mol. The number of nitrogens with one attached hydrogen (secondary N) is 1. The zero-order valence-corrected chi connectivity index (χ0v) is 8.40. The topological polar surface area (TPSA) is 47.6 Å². The van der Waals surface area contributed by atoms with Crippen molar-refractivity contribution in [3.05, 3.63) is 12.2 Å². The predicted octanol–water partition coefficient (Wildman–Crippen LogP) is 0.296. The van der Waals surface area contributed by atoms with Crippen LogP contribution in [0.25, 0.3) is 0 Å². The molecule has 1 aliphatic carbocycles. The largest absolute Gasteiger partial charge is 0.355 e. The number of rotatable bonds is 3. The lowest BCUT2D eigenvalue weighted by atomic mass is 9.88. The van der Waals surface area contributed by atoms with Crippen molar-refractivity contribution in [2.75, 3.05) is 14.2 Å². The summed E-state index contributed by atoms with van der Waals surface area (Å²) in [5.74, 6) is 0.318. The monoisotopic (exact) mass is 197 g/mol. The first-order valence-electron chi connectivity index (χ1n) is 4.80. The van der Waals surface area contributed by atoms with Gasteiger partial charge in [0.15, 0.2) is 6.29 Å². The highest BCUT2D eigenvalue weighted by atomic mass is 16.7. The second-order valence-corrected chi connectivity index (χ2v) is 3.76. The van der Waals surface area contributed by atoms with Gasteiger partial charge in [-0.3, -0.25) is 4.79 Å². The van der Waals surface area contributed by atoms with E-state index in [0.29, 0.717) is 0 Å². The Morgan fingerprint density at radius 3 is 2.79 bits per heavy atom. The molecule has 0 aromatic carbocycles. The van der Waals surface area contributed by atoms with Crippen LogP contribution in [-0.2, 0) is 14.3 Å². The molecule has 0 radical (unpaired) electrons. The fourth-order valence-corrected chi connectivity index (χ4v) is 2.24. The lowest BCUT2D eigenvalue weighted by Gasteiger charge is -2.28. The van der Waals surface area contributed by atoms with Crippen molar-refractivity contribution < 1.29 is 14.3 Å². The van der Waals surface area contributed by atoms with Crippen LogP contribution in [0.5, 0.6) is 0 Å².